The van der Waals surface area contributed by atoms with Crippen LogP contribution < -0.4 is 20.9 Å². The van der Waals surface area contributed by atoms with Crippen LogP contribution in [0.4, 0.5) is 11.6 Å². The van der Waals surface area contributed by atoms with E-state index in [-0.39, 0.29) is 19.5 Å². The predicted octanol–water partition coefficient (Wildman–Crippen LogP) is 7.15. The average molecular weight is 606 g/mol. The summed E-state index contributed by atoms with van der Waals surface area (Å²) >= 11 is 0. The minimum atomic E-state index is 0. The van der Waals surface area contributed by atoms with Crippen LogP contribution in [-0.2, 0) is 19.5 Å². The molecule has 8 aromatic rings. The van der Waals surface area contributed by atoms with Gasteiger partial charge in [0.2, 0.25) is 0 Å². The molecule has 0 saturated heterocycles. The van der Waals surface area contributed by atoms with Crippen LogP contribution >= 0.6 is 0 Å². The van der Waals surface area contributed by atoms with Crippen LogP contribution in [0.2, 0.25) is 0 Å². The van der Waals surface area contributed by atoms with Crippen molar-refractivity contribution in [2.24, 2.45) is 9.98 Å². The van der Waals surface area contributed by atoms with Gasteiger partial charge < -0.3 is 20.0 Å². The van der Waals surface area contributed by atoms with Gasteiger partial charge in [0.15, 0.2) is 0 Å². The molecule has 0 fully saturated rings. The van der Waals surface area contributed by atoms with Gasteiger partial charge in [0, 0.05) is 23.2 Å². The Hall–Kier alpha value is -5.26. The van der Waals surface area contributed by atoms with Crippen LogP contribution in [0, 0.1) is 0 Å². The maximum atomic E-state index is 4.52. The van der Waals surface area contributed by atoms with Crippen molar-refractivity contribution in [1.29, 1.82) is 0 Å². The molecule has 6 nitrogen and oxygen atoms in total. The first-order chi connectivity index (χ1) is 20.8. The maximum absolute atomic E-state index is 4.52. The Kier molecular flexibility index (Phi) is 8.25. The number of benzene rings is 4. The molecule has 4 aromatic heterocycles. The maximum Gasteiger partial charge on any atom is 2.00 e. The zero-order valence-corrected chi connectivity index (χ0v) is 26.2. The van der Waals surface area contributed by atoms with Crippen LogP contribution in [0.25, 0.3) is 43.1 Å². The van der Waals surface area contributed by atoms with Gasteiger partial charge in [-0.25, -0.2) is 0 Å². The molecular weight excluding hydrogens is 582 g/mol. The largest absolute Gasteiger partial charge is 2.00 e. The van der Waals surface area contributed by atoms with Crippen molar-refractivity contribution < 1.29 is 19.5 Å². The summed E-state index contributed by atoms with van der Waals surface area (Å²) in [6.45, 7) is 0. The van der Waals surface area contributed by atoms with Gasteiger partial charge in [-0.1, -0.05) is 133 Å². The van der Waals surface area contributed by atoms with Crippen molar-refractivity contribution >= 4 is 54.7 Å². The summed E-state index contributed by atoms with van der Waals surface area (Å²) < 4.78 is 0. The second-order valence-corrected chi connectivity index (χ2v) is 9.78. The smallest absolute Gasteiger partial charge is 0.442 e. The third kappa shape index (κ3) is 6.48. The molecular formula is C36H24N6Zn. The summed E-state index contributed by atoms with van der Waals surface area (Å²) in [6.07, 6.45) is 7.37. The molecule has 0 aliphatic carbocycles. The summed E-state index contributed by atoms with van der Waals surface area (Å²) in [5, 5.41) is 8.98. The molecule has 0 unspecified atom stereocenters. The average Bonchev–Trinajstić information content (AvgIpc) is 3.05. The van der Waals surface area contributed by atoms with Crippen LogP contribution in [0.3, 0.4) is 0 Å². The van der Waals surface area contributed by atoms with Gasteiger partial charge in [0.05, 0.1) is 11.6 Å². The van der Waals surface area contributed by atoms with Crippen molar-refractivity contribution in [2.45, 2.75) is 0 Å². The predicted molar refractivity (Wildman–Crippen MR) is 168 cm³/mol. The molecule has 0 atom stereocenters. The van der Waals surface area contributed by atoms with Crippen molar-refractivity contribution in [3.05, 3.63) is 157 Å². The number of pyridine rings is 4. The number of fused-ring (bicyclic) bond motifs is 4. The van der Waals surface area contributed by atoms with Gasteiger partial charge in [-0.15, -0.1) is 0 Å². The second kappa shape index (κ2) is 12.7. The second-order valence-electron chi connectivity index (χ2n) is 9.78. The van der Waals surface area contributed by atoms with Crippen LogP contribution in [-0.4, -0.2) is 9.97 Å². The molecule has 0 spiro atoms. The molecule has 4 heterocycles. The monoisotopic (exact) mass is 604 g/mol. The molecule has 0 aliphatic rings. The van der Waals surface area contributed by atoms with E-state index >= 15 is 0 Å². The van der Waals surface area contributed by atoms with E-state index in [9.17, 15) is 0 Å². The first-order valence-corrected chi connectivity index (χ1v) is 13.6. The van der Waals surface area contributed by atoms with Crippen LogP contribution in [0.15, 0.2) is 156 Å². The zero-order valence-electron chi connectivity index (χ0n) is 23.2. The number of nitrogens with zero attached hydrogens (tertiary/aromatic N) is 6. The Morgan fingerprint density at radius 3 is 1.12 bits per heavy atom. The quantitative estimate of drug-likeness (QED) is 0.196. The molecule has 7 heteroatoms. The molecule has 200 valence electrons. The first-order valence-electron chi connectivity index (χ1n) is 13.6. The van der Waals surface area contributed by atoms with Crippen molar-refractivity contribution in [1.82, 2.24) is 19.9 Å². The van der Waals surface area contributed by atoms with Crippen molar-refractivity contribution in [3.63, 3.8) is 0 Å². The standard InChI is InChI=1S/2C18H12N3.Zn/c2*1-3-7-15-11-19-17(9-13(15)5-1)21-18-10-14-6-2-4-8-16(14)12-20-18;/h2*1-12H;/q2*-1;+2. The van der Waals surface area contributed by atoms with Crippen molar-refractivity contribution in [3.8, 4) is 0 Å². The fourth-order valence-electron chi connectivity index (χ4n) is 4.77. The third-order valence-electron chi connectivity index (χ3n) is 6.92. The summed E-state index contributed by atoms with van der Waals surface area (Å²) in [4.78, 5) is 26.5. The number of aromatic nitrogens is 4. The number of rotatable bonds is 2. The summed E-state index contributed by atoms with van der Waals surface area (Å²) in [5.74, 6) is 1.35. The Morgan fingerprint density at radius 2 is 0.721 bits per heavy atom. The Labute approximate surface area is 260 Å². The Balaban J connectivity index is 0.000000150. The summed E-state index contributed by atoms with van der Waals surface area (Å²) in [6, 6.07) is 40.4. The minimum Gasteiger partial charge on any atom is -0.442 e. The fourth-order valence-corrected chi connectivity index (χ4v) is 4.77. The van der Waals surface area contributed by atoms with Crippen LogP contribution in [0.5, 0.6) is 0 Å². The van der Waals surface area contributed by atoms with E-state index in [1.54, 1.807) is 0 Å². The zero-order chi connectivity index (χ0) is 28.1. The topological polar surface area (TPSA) is 78.7 Å². The van der Waals surface area contributed by atoms with E-state index in [0.717, 1.165) is 43.1 Å². The van der Waals surface area contributed by atoms with E-state index in [1.165, 1.54) is 0 Å². The molecule has 43 heavy (non-hydrogen) atoms. The van der Waals surface area contributed by atoms with Crippen LogP contribution in [0.1, 0.15) is 0 Å². The first kappa shape index (κ1) is 27.9. The number of hydrogen-bond acceptors (Lipinski definition) is 4. The van der Waals surface area contributed by atoms with Gasteiger partial charge in [0.25, 0.3) is 0 Å². The normalized spacial score (nSPS) is 11.8. The van der Waals surface area contributed by atoms with Gasteiger partial charge in [-0.2, -0.15) is 0 Å². The van der Waals surface area contributed by atoms with E-state index < -0.39 is 0 Å². The number of hydrogen-bond donors (Lipinski definition) is 0. The van der Waals surface area contributed by atoms with Crippen molar-refractivity contribution in [2.75, 3.05) is 0 Å². The van der Waals surface area contributed by atoms with Gasteiger partial charge in [0.1, 0.15) is 0 Å². The summed E-state index contributed by atoms with van der Waals surface area (Å²) in [7, 11) is 0. The van der Waals surface area contributed by atoms with E-state index in [4.69, 9.17) is 0 Å². The third-order valence-corrected chi connectivity index (χ3v) is 6.92. The van der Waals surface area contributed by atoms with E-state index in [0.29, 0.717) is 22.6 Å². The molecule has 0 amide bonds. The Morgan fingerprint density at radius 1 is 0.395 bits per heavy atom. The molecule has 8 rings (SSSR count). The van der Waals surface area contributed by atoms with Gasteiger partial charge in [-0.05, 0) is 44.5 Å². The van der Waals surface area contributed by atoms with E-state index in [2.05, 4.69) is 54.2 Å². The molecule has 0 radical (unpaired) electrons. The molecule has 0 bridgehead atoms. The molecule has 0 N–H and O–H groups in total. The fraction of sp³-hybridized carbons (Fsp3) is 0. The molecule has 0 saturated carbocycles. The SMILES string of the molecule is [Zn+2].c1ccc2cc(/N=c3/cc4ccccc4c[n-]3)ncc2c1.c1ccc2cc(/N=c3/cc4ccccc4c[n-]3)ncc2c1. The van der Waals surface area contributed by atoms with Gasteiger partial charge in [-0.3, -0.25) is 9.97 Å². The molecule has 0 aliphatic heterocycles. The van der Waals surface area contributed by atoms with Gasteiger partial charge >= 0.3 is 19.5 Å². The molecule has 4 aromatic carbocycles. The Bertz CT molecular complexity index is 2170. The van der Waals surface area contributed by atoms with E-state index in [1.807, 2.05) is 122 Å². The summed E-state index contributed by atoms with van der Waals surface area (Å²) in [5.41, 5.74) is 1.35. The minimum absolute atomic E-state index is 0.